The van der Waals surface area contributed by atoms with E-state index in [1.807, 2.05) is 0 Å². The molecule has 0 aromatic carbocycles. The van der Waals surface area contributed by atoms with Crippen LogP contribution in [-0.2, 0) is 4.74 Å². The van der Waals surface area contributed by atoms with Crippen LogP contribution in [0.3, 0.4) is 0 Å². The van der Waals surface area contributed by atoms with Gasteiger partial charge in [0, 0.05) is 0 Å². The van der Waals surface area contributed by atoms with Crippen LogP contribution in [0.5, 0.6) is 0 Å². The normalized spacial score (nSPS) is 29.1. The van der Waals surface area contributed by atoms with E-state index >= 15 is 0 Å². The molecule has 0 unspecified atom stereocenters. The molecule has 10 heteroatoms. The van der Waals surface area contributed by atoms with E-state index in [0.29, 0.717) is 22.5 Å². The molecule has 4 atom stereocenters. The Kier molecular flexibility index (Phi) is 3.91. The van der Waals surface area contributed by atoms with Gasteiger partial charge in [-0.3, -0.25) is 5.10 Å². The highest BCUT2D eigenvalue weighted by molar-refractivity contribution is 6.19. The van der Waals surface area contributed by atoms with Gasteiger partial charge in [-0.1, -0.05) is 0 Å². The zero-order chi connectivity index (χ0) is 15.0. The smallest absolute Gasteiger partial charge is 0.158 e. The van der Waals surface area contributed by atoms with Gasteiger partial charge in [-0.15, -0.1) is 11.6 Å². The number of H-pyrrole nitrogens is 1. The molecule has 1 saturated heterocycles. The number of aliphatic hydroxyl groups is 3. The summed E-state index contributed by atoms with van der Waals surface area (Å²) in [6, 6.07) is 0.155. The number of ether oxygens (including phenoxy) is 1. The first-order valence-electron chi connectivity index (χ1n) is 6.28. The van der Waals surface area contributed by atoms with Crippen molar-refractivity contribution in [1.29, 1.82) is 0 Å². The van der Waals surface area contributed by atoms with E-state index in [1.54, 1.807) is 0 Å². The summed E-state index contributed by atoms with van der Waals surface area (Å²) < 4.78 is 5.46. The third-order valence-corrected chi connectivity index (χ3v) is 3.56. The van der Waals surface area contributed by atoms with Crippen molar-refractivity contribution in [2.45, 2.75) is 24.4 Å². The Morgan fingerprint density at radius 2 is 2.10 bits per heavy atom. The van der Waals surface area contributed by atoms with E-state index in [1.165, 1.54) is 6.33 Å². The van der Waals surface area contributed by atoms with Crippen LogP contribution in [0, 0.1) is 0 Å². The number of hydrogen-bond acceptors (Lipinski definition) is 8. The quantitative estimate of drug-likeness (QED) is 0.362. The fraction of sp³-hybridized carbons (Fsp3) is 0.545. The zero-order valence-corrected chi connectivity index (χ0v) is 11.5. The molecule has 21 heavy (non-hydrogen) atoms. The Morgan fingerprint density at radius 1 is 1.29 bits per heavy atom. The molecule has 0 spiro atoms. The van der Waals surface area contributed by atoms with Gasteiger partial charge < -0.3 is 25.4 Å². The minimum Gasteiger partial charge on any atom is -0.394 e. The molecule has 0 radical (unpaired) electrons. The first-order chi connectivity index (χ1) is 10.2. The largest absolute Gasteiger partial charge is 0.394 e. The summed E-state index contributed by atoms with van der Waals surface area (Å²) in [5, 5.41) is 38.6. The summed E-state index contributed by atoms with van der Waals surface area (Å²) in [5.74, 6) is 0.448. The standard InChI is InChI=1S/C11H14ClN5O4/c12-2-13-11-7-5(14-3-15-11)6(16-17-7)10-9(20)8(19)4(1-18)21-10/h3-4,8-10,18-20H,1-2H2,(H,16,17)(H,13,14,15)/t4-,8-,9-,10+/m1/s1. The Hall–Kier alpha value is -1.52. The summed E-state index contributed by atoms with van der Waals surface area (Å²) >= 11 is 5.62. The number of fused-ring (bicyclic) bond motifs is 1. The molecule has 1 fully saturated rings. The lowest BCUT2D eigenvalue weighted by Crippen LogP contribution is -2.32. The van der Waals surface area contributed by atoms with Crippen molar-refractivity contribution < 1.29 is 20.1 Å². The Morgan fingerprint density at radius 3 is 2.76 bits per heavy atom. The van der Waals surface area contributed by atoms with Crippen molar-refractivity contribution >= 4 is 28.5 Å². The van der Waals surface area contributed by atoms with Gasteiger partial charge in [0.25, 0.3) is 0 Å². The van der Waals surface area contributed by atoms with E-state index in [0.717, 1.165) is 0 Å². The molecule has 1 aliphatic heterocycles. The third-order valence-electron chi connectivity index (χ3n) is 3.43. The summed E-state index contributed by atoms with van der Waals surface area (Å²) in [5.41, 5.74) is 1.31. The van der Waals surface area contributed by atoms with Crippen LogP contribution in [0.1, 0.15) is 11.8 Å². The average molecular weight is 316 g/mol. The maximum Gasteiger partial charge on any atom is 0.158 e. The van der Waals surface area contributed by atoms with Gasteiger partial charge in [0.05, 0.1) is 18.3 Å². The minimum atomic E-state index is -1.19. The van der Waals surface area contributed by atoms with Crippen molar-refractivity contribution in [3.63, 3.8) is 0 Å². The first-order valence-corrected chi connectivity index (χ1v) is 6.82. The SMILES string of the molecule is OC[C@H]1O[C@@H](c2[nH]nc3c(NCCl)ncnc23)[C@H](O)[C@@H]1O. The molecule has 2 aromatic rings. The van der Waals surface area contributed by atoms with Crippen LogP contribution >= 0.6 is 11.6 Å². The molecule has 9 nitrogen and oxygen atoms in total. The lowest BCUT2D eigenvalue weighted by molar-refractivity contribution is -0.0236. The fourth-order valence-corrected chi connectivity index (χ4v) is 2.51. The molecular weight excluding hydrogens is 302 g/mol. The predicted molar refractivity (Wildman–Crippen MR) is 72.7 cm³/mol. The highest BCUT2D eigenvalue weighted by atomic mass is 35.5. The van der Waals surface area contributed by atoms with Gasteiger partial charge in [0.15, 0.2) is 11.3 Å². The summed E-state index contributed by atoms with van der Waals surface area (Å²) in [6.07, 6.45) is -2.75. The summed E-state index contributed by atoms with van der Waals surface area (Å²) in [6.45, 7) is -0.394. The van der Waals surface area contributed by atoms with Gasteiger partial charge in [0.2, 0.25) is 0 Å². The van der Waals surface area contributed by atoms with Crippen molar-refractivity contribution in [2.24, 2.45) is 0 Å². The molecule has 5 N–H and O–H groups in total. The van der Waals surface area contributed by atoms with Crippen LogP contribution in [0.4, 0.5) is 5.82 Å². The second-order valence-corrected chi connectivity index (χ2v) is 4.89. The molecule has 0 aliphatic carbocycles. The van der Waals surface area contributed by atoms with E-state index in [9.17, 15) is 10.2 Å². The molecule has 0 saturated carbocycles. The predicted octanol–water partition coefficient (Wildman–Crippen LogP) is -0.885. The van der Waals surface area contributed by atoms with Gasteiger partial charge >= 0.3 is 0 Å². The topological polar surface area (TPSA) is 136 Å². The van der Waals surface area contributed by atoms with Gasteiger partial charge in [-0.05, 0) is 0 Å². The summed E-state index contributed by atoms with van der Waals surface area (Å²) in [4.78, 5) is 8.14. The van der Waals surface area contributed by atoms with Crippen LogP contribution in [0.15, 0.2) is 6.33 Å². The molecule has 2 aromatic heterocycles. The second-order valence-electron chi connectivity index (χ2n) is 4.63. The van der Waals surface area contributed by atoms with Crippen LogP contribution in [0.25, 0.3) is 11.0 Å². The number of aliphatic hydroxyl groups excluding tert-OH is 3. The van der Waals surface area contributed by atoms with Gasteiger partial charge in [-0.25, -0.2) is 9.97 Å². The highest BCUT2D eigenvalue weighted by Gasteiger charge is 2.44. The molecule has 1 aliphatic rings. The van der Waals surface area contributed by atoms with Crippen molar-refractivity contribution in [2.75, 3.05) is 17.9 Å². The molecule has 3 rings (SSSR count). The number of aromatic amines is 1. The number of aromatic nitrogens is 4. The van der Waals surface area contributed by atoms with Crippen LogP contribution < -0.4 is 5.32 Å². The first kappa shape index (κ1) is 14.4. The van der Waals surface area contributed by atoms with Crippen LogP contribution in [-0.4, -0.2) is 66.4 Å². The number of hydrogen-bond donors (Lipinski definition) is 5. The minimum absolute atomic E-state index is 0.155. The number of nitrogens with zero attached hydrogens (tertiary/aromatic N) is 3. The lowest BCUT2D eigenvalue weighted by Gasteiger charge is -2.12. The van der Waals surface area contributed by atoms with E-state index in [2.05, 4.69) is 25.5 Å². The maximum atomic E-state index is 10.0. The highest BCUT2D eigenvalue weighted by Crippen LogP contribution is 2.35. The van der Waals surface area contributed by atoms with E-state index in [-0.39, 0.29) is 6.00 Å². The fourth-order valence-electron chi connectivity index (χ4n) is 2.38. The Balaban J connectivity index is 2.00. The van der Waals surface area contributed by atoms with Crippen molar-refractivity contribution in [3.05, 3.63) is 12.0 Å². The van der Waals surface area contributed by atoms with Gasteiger partial charge in [0.1, 0.15) is 36.3 Å². The molecular formula is C11H14ClN5O4. The van der Waals surface area contributed by atoms with Crippen molar-refractivity contribution in [1.82, 2.24) is 20.2 Å². The number of nitrogens with one attached hydrogen (secondary N) is 2. The van der Waals surface area contributed by atoms with Gasteiger partial charge in [-0.2, -0.15) is 5.10 Å². The molecule has 0 bridgehead atoms. The maximum absolute atomic E-state index is 10.0. The molecule has 3 heterocycles. The number of alkyl halides is 1. The lowest BCUT2D eigenvalue weighted by atomic mass is 10.1. The van der Waals surface area contributed by atoms with Crippen molar-refractivity contribution in [3.8, 4) is 0 Å². The zero-order valence-electron chi connectivity index (χ0n) is 10.8. The number of anilines is 1. The Bertz CT molecular complexity index is 638. The van der Waals surface area contributed by atoms with E-state index in [4.69, 9.17) is 21.4 Å². The van der Waals surface area contributed by atoms with E-state index < -0.39 is 31.0 Å². The Labute approximate surface area is 123 Å². The number of halogens is 1. The second kappa shape index (κ2) is 5.70. The molecule has 0 amide bonds. The summed E-state index contributed by atoms with van der Waals surface area (Å²) in [7, 11) is 0. The average Bonchev–Trinajstić information content (AvgIpc) is 3.03. The monoisotopic (exact) mass is 315 g/mol. The number of rotatable bonds is 4. The molecule has 114 valence electrons. The van der Waals surface area contributed by atoms with Crippen LogP contribution in [0.2, 0.25) is 0 Å². The third kappa shape index (κ3) is 2.32.